The van der Waals surface area contributed by atoms with Gasteiger partial charge in [0.1, 0.15) is 17.1 Å². The number of nitrogens with zero attached hydrogens (tertiary/aromatic N) is 3. The number of piperidine rings is 1. The summed E-state index contributed by atoms with van der Waals surface area (Å²) in [5.74, 6) is -0.331. The van der Waals surface area contributed by atoms with Crippen LogP contribution < -0.4 is 9.54 Å². The number of sulfonamides is 1. The summed E-state index contributed by atoms with van der Waals surface area (Å²) in [4.78, 5) is 18.1. The third kappa shape index (κ3) is 4.47. The number of amides is 1. The number of aryl methyl sites for hydroxylation is 2. The van der Waals surface area contributed by atoms with Crippen molar-refractivity contribution < 1.29 is 22.3 Å². The highest BCUT2D eigenvalue weighted by molar-refractivity contribution is 7.89. The van der Waals surface area contributed by atoms with E-state index < -0.39 is 15.8 Å². The Morgan fingerprint density at radius 1 is 1.18 bits per heavy atom. The van der Waals surface area contributed by atoms with Crippen LogP contribution in [0.1, 0.15) is 25.3 Å². The van der Waals surface area contributed by atoms with Gasteiger partial charge in [-0.2, -0.15) is 9.30 Å². The number of carbonyl (C=O) groups excluding carboxylic acids is 1. The van der Waals surface area contributed by atoms with E-state index in [2.05, 4.69) is 4.99 Å². The highest BCUT2D eigenvalue weighted by Gasteiger charge is 2.32. The fraction of sp³-hybridized carbons (Fsp3) is 0.391. The topological polar surface area (TPSA) is 81.0 Å². The molecule has 176 valence electrons. The second-order valence-corrected chi connectivity index (χ2v) is 10.9. The number of hydrogen-bond donors (Lipinski definition) is 0. The number of methoxy groups -OCH3 is 1. The van der Waals surface area contributed by atoms with Crippen molar-refractivity contribution in [2.45, 2.75) is 38.1 Å². The zero-order chi connectivity index (χ0) is 23.8. The molecule has 0 spiro atoms. The Hall–Kier alpha value is -2.56. The highest BCUT2D eigenvalue weighted by atomic mass is 32.2. The van der Waals surface area contributed by atoms with E-state index in [1.165, 1.54) is 27.8 Å². The van der Waals surface area contributed by atoms with Crippen LogP contribution in [-0.2, 0) is 21.4 Å². The fourth-order valence-electron chi connectivity index (χ4n) is 4.11. The second-order valence-electron chi connectivity index (χ2n) is 7.97. The van der Waals surface area contributed by atoms with Gasteiger partial charge in [-0.15, -0.1) is 0 Å². The van der Waals surface area contributed by atoms with E-state index in [1.807, 2.05) is 30.5 Å². The van der Waals surface area contributed by atoms with Crippen LogP contribution in [0.4, 0.5) is 4.39 Å². The minimum atomic E-state index is -3.72. The quantitative estimate of drug-likeness (QED) is 0.545. The summed E-state index contributed by atoms with van der Waals surface area (Å²) in [6.45, 7) is 5.09. The average Bonchev–Trinajstić information content (AvgIpc) is 3.18. The summed E-state index contributed by atoms with van der Waals surface area (Å²) in [5, 5.41) is 0. The Morgan fingerprint density at radius 3 is 2.45 bits per heavy atom. The van der Waals surface area contributed by atoms with Gasteiger partial charge in [0.15, 0.2) is 4.80 Å². The van der Waals surface area contributed by atoms with E-state index in [0.717, 1.165) is 33.7 Å². The van der Waals surface area contributed by atoms with E-state index in [0.29, 0.717) is 24.2 Å². The molecule has 10 heteroatoms. The van der Waals surface area contributed by atoms with Gasteiger partial charge in [0, 0.05) is 25.6 Å². The van der Waals surface area contributed by atoms with Gasteiger partial charge in [0.05, 0.1) is 16.7 Å². The van der Waals surface area contributed by atoms with Crippen LogP contribution in [0, 0.1) is 18.7 Å². The predicted octanol–water partition coefficient (Wildman–Crippen LogP) is 3.71. The maximum absolute atomic E-state index is 13.2. The Kier molecular flexibility index (Phi) is 6.69. The first-order valence-corrected chi connectivity index (χ1v) is 13.0. The van der Waals surface area contributed by atoms with Crippen LogP contribution >= 0.6 is 11.3 Å². The van der Waals surface area contributed by atoms with E-state index in [4.69, 9.17) is 4.74 Å². The average molecular weight is 492 g/mol. The minimum Gasteiger partial charge on any atom is -0.495 e. The number of aromatic nitrogens is 1. The number of halogens is 1. The summed E-state index contributed by atoms with van der Waals surface area (Å²) in [5.41, 5.74) is 2.02. The molecule has 7 nitrogen and oxygen atoms in total. The lowest BCUT2D eigenvalue weighted by atomic mass is 9.98. The first-order chi connectivity index (χ1) is 15.8. The molecule has 1 aromatic heterocycles. The molecule has 0 atom stereocenters. The molecule has 1 amide bonds. The molecule has 0 aliphatic carbocycles. The Labute approximate surface area is 196 Å². The number of ether oxygens (including phenoxy) is 1. The zero-order valence-electron chi connectivity index (χ0n) is 18.7. The molecular formula is C23H26FN3O4S2. The lowest BCUT2D eigenvalue weighted by molar-refractivity contribution is -0.122. The molecule has 0 radical (unpaired) electrons. The molecule has 0 unspecified atom stereocenters. The van der Waals surface area contributed by atoms with Crippen LogP contribution in [0.25, 0.3) is 10.2 Å². The number of thiazole rings is 1. The molecule has 0 N–H and O–H groups in total. The first kappa shape index (κ1) is 23.6. The fourth-order valence-corrected chi connectivity index (χ4v) is 6.76. The zero-order valence-corrected chi connectivity index (χ0v) is 20.4. The van der Waals surface area contributed by atoms with Crippen molar-refractivity contribution in [3.8, 4) is 5.75 Å². The number of fused-ring (bicyclic) bond motifs is 1. The lowest BCUT2D eigenvalue weighted by Gasteiger charge is -2.29. The molecule has 0 saturated carbocycles. The molecule has 1 fully saturated rings. The summed E-state index contributed by atoms with van der Waals surface area (Å²) < 4.78 is 48.7. The van der Waals surface area contributed by atoms with Crippen LogP contribution in [0.3, 0.4) is 0 Å². The van der Waals surface area contributed by atoms with Gasteiger partial charge in [0.25, 0.3) is 5.91 Å². The molecule has 2 heterocycles. The second kappa shape index (κ2) is 9.36. The van der Waals surface area contributed by atoms with Crippen molar-refractivity contribution in [3.05, 3.63) is 52.6 Å². The summed E-state index contributed by atoms with van der Waals surface area (Å²) in [6, 6.07) is 8.69. The van der Waals surface area contributed by atoms with Gasteiger partial charge in [-0.25, -0.2) is 12.8 Å². The maximum Gasteiger partial charge on any atom is 0.251 e. The first-order valence-electron chi connectivity index (χ1n) is 10.8. The van der Waals surface area contributed by atoms with Crippen LogP contribution in [0.5, 0.6) is 5.75 Å². The van der Waals surface area contributed by atoms with Gasteiger partial charge in [-0.3, -0.25) is 4.79 Å². The van der Waals surface area contributed by atoms with E-state index in [9.17, 15) is 17.6 Å². The van der Waals surface area contributed by atoms with Gasteiger partial charge < -0.3 is 9.30 Å². The third-order valence-corrected chi connectivity index (χ3v) is 9.11. The SMILES string of the molecule is CCn1c(=NC(=O)C2CCN(S(=O)(=O)c3ccc(F)cc3)CC2)sc2c(C)ccc(OC)c21. The molecule has 0 bridgehead atoms. The van der Waals surface area contributed by atoms with Crippen molar-refractivity contribution >= 4 is 37.5 Å². The molecule has 1 aliphatic heterocycles. The summed E-state index contributed by atoms with van der Waals surface area (Å²) in [7, 11) is -2.10. The van der Waals surface area contributed by atoms with Crippen LogP contribution in [0.15, 0.2) is 46.3 Å². The molecule has 4 rings (SSSR count). The van der Waals surface area contributed by atoms with Crippen molar-refractivity contribution in [2.24, 2.45) is 10.9 Å². The predicted molar refractivity (Wildman–Crippen MR) is 125 cm³/mol. The number of rotatable bonds is 5. The van der Waals surface area contributed by atoms with E-state index in [1.54, 1.807) is 7.11 Å². The molecule has 1 aliphatic rings. The molecule has 3 aromatic rings. The van der Waals surface area contributed by atoms with Crippen LogP contribution in [-0.4, -0.2) is 43.4 Å². The molecule has 33 heavy (non-hydrogen) atoms. The van der Waals surface area contributed by atoms with E-state index >= 15 is 0 Å². The van der Waals surface area contributed by atoms with Crippen molar-refractivity contribution in [1.82, 2.24) is 8.87 Å². The Balaban J connectivity index is 1.56. The largest absolute Gasteiger partial charge is 0.495 e. The van der Waals surface area contributed by atoms with E-state index in [-0.39, 0.29) is 29.8 Å². The van der Waals surface area contributed by atoms with Gasteiger partial charge in [-0.05, 0) is 62.6 Å². The normalized spacial score (nSPS) is 16.4. The van der Waals surface area contributed by atoms with Gasteiger partial charge in [0.2, 0.25) is 10.0 Å². The highest BCUT2D eigenvalue weighted by Crippen LogP contribution is 2.30. The summed E-state index contributed by atoms with van der Waals surface area (Å²) >= 11 is 1.46. The Bertz CT molecular complexity index is 1350. The smallest absolute Gasteiger partial charge is 0.251 e. The van der Waals surface area contributed by atoms with Crippen LogP contribution in [0.2, 0.25) is 0 Å². The summed E-state index contributed by atoms with van der Waals surface area (Å²) in [6.07, 6.45) is 0.782. The van der Waals surface area contributed by atoms with Gasteiger partial charge >= 0.3 is 0 Å². The minimum absolute atomic E-state index is 0.0527. The number of hydrogen-bond acceptors (Lipinski definition) is 5. The van der Waals surface area contributed by atoms with Gasteiger partial charge in [-0.1, -0.05) is 17.4 Å². The number of carbonyl (C=O) groups is 1. The standard InChI is InChI=1S/C23H26FN3O4S2/c1-4-27-20-19(31-3)10-5-15(2)21(20)32-23(27)25-22(28)16-11-13-26(14-12-16)33(29,30)18-8-6-17(24)7-9-18/h5-10,16H,4,11-14H2,1-3H3. The van der Waals surface area contributed by atoms with Crippen molar-refractivity contribution in [3.63, 3.8) is 0 Å². The number of benzene rings is 2. The maximum atomic E-state index is 13.2. The monoisotopic (exact) mass is 491 g/mol. The lowest BCUT2D eigenvalue weighted by Crippen LogP contribution is -2.40. The third-order valence-electron chi connectivity index (χ3n) is 5.98. The van der Waals surface area contributed by atoms with Crippen molar-refractivity contribution in [2.75, 3.05) is 20.2 Å². The van der Waals surface area contributed by atoms with Crippen molar-refractivity contribution in [1.29, 1.82) is 0 Å². The molecule has 2 aromatic carbocycles. The Morgan fingerprint density at radius 2 is 1.85 bits per heavy atom. The molecule has 1 saturated heterocycles. The molecular weight excluding hydrogens is 465 g/mol.